The summed E-state index contributed by atoms with van der Waals surface area (Å²) in [5.74, 6) is 0.316. The maximum Gasteiger partial charge on any atom is 0.341 e. The highest BCUT2D eigenvalue weighted by Crippen LogP contribution is 2.34. The van der Waals surface area contributed by atoms with Crippen LogP contribution >= 0.6 is 11.6 Å². The number of hydrogen-bond donors (Lipinski definition) is 2. The first-order chi connectivity index (χ1) is 12.6. The molecular weight excluding hydrogens is 366 g/mol. The van der Waals surface area contributed by atoms with Gasteiger partial charge in [0.25, 0.3) is 0 Å². The van der Waals surface area contributed by atoms with E-state index >= 15 is 0 Å². The fourth-order valence-electron chi connectivity index (χ4n) is 2.37. The molecule has 0 spiro atoms. The van der Waals surface area contributed by atoms with Crippen molar-refractivity contribution in [2.24, 2.45) is 0 Å². The zero-order chi connectivity index (χ0) is 19.4. The molecule has 1 aromatic carbocycles. The summed E-state index contributed by atoms with van der Waals surface area (Å²) in [5, 5.41) is 8.70. The summed E-state index contributed by atoms with van der Waals surface area (Å²) in [4.78, 5) is 16.1. The Morgan fingerprint density at radius 1 is 1.27 bits per heavy atom. The zero-order valence-electron chi connectivity index (χ0n) is 15.2. The van der Waals surface area contributed by atoms with Gasteiger partial charge in [-0.1, -0.05) is 0 Å². The van der Waals surface area contributed by atoms with E-state index in [2.05, 4.69) is 17.1 Å². The van der Waals surface area contributed by atoms with Crippen LogP contribution < -0.4 is 19.7 Å². The molecule has 2 rings (SSSR count). The first kappa shape index (κ1) is 22.3. The van der Waals surface area contributed by atoms with E-state index in [0.29, 0.717) is 30.4 Å². The molecule has 0 radical (unpaired) electrons. The van der Waals surface area contributed by atoms with Crippen LogP contribution in [0.2, 0.25) is 0 Å². The molecule has 0 aliphatic carbocycles. The SMILES string of the molecule is CCl.COc1cc(OCC(=O)O)cc(OC)c1CNOC1CCCCO1. The number of carboxylic acid groups (broad SMARTS) is 1. The van der Waals surface area contributed by atoms with Crippen LogP contribution in [0.4, 0.5) is 0 Å². The second-order valence-corrected chi connectivity index (χ2v) is 5.22. The first-order valence-electron chi connectivity index (χ1n) is 8.11. The van der Waals surface area contributed by atoms with Crippen molar-refractivity contribution in [2.75, 3.05) is 33.8 Å². The summed E-state index contributed by atoms with van der Waals surface area (Å²) in [7, 11) is 3.04. The minimum Gasteiger partial charge on any atom is -0.496 e. The number of halogens is 1. The summed E-state index contributed by atoms with van der Waals surface area (Å²) in [5.41, 5.74) is 3.61. The van der Waals surface area contributed by atoms with E-state index in [4.69, 9.17) is 28.9 Å². The Kier molecular flexibility index (Phi) is 10.8. The van der Waals surface area contributed by atoms with Crippen molar-refractivity contribution >= 4 is 17.6 Å². The molecule has 26 heavy (non-hydrogen) atoms. The van der Waals surface area contributed by atoms with E-state index in [-0.39, 0.29) is 6.29 Å². The Morgan fingerprint density at radius 2 is 1.92 bits per heavy atom. The van der Waals surface area contributed by atoms with E-state index < -0.39 is 12.6 Å². The van der Waals surface area contributed by atoms with Gasteiger partial charge in [0, 0.05) is 31.5 Å². The van der Waals surface area contributed by atoms with Crippen molar-refractivity contribution in [3.63, 3.8) is 0 Å². The zero-order valence-corrected chi connectivity index (χ0v) is 16.0. The average molecular weight is 392 g/mol. The van der Waals surface area contributed by atoms with Crippen molar-refractivity contribution < 1.29 is 33.7 Å². The number of alkyl halides is 1. The minimum absolute atomic E-state index is 0.256. The summed E-state index contributed by atoms with van der Waals surface area (Å²) in [6.45, 7) is 0.603. The fourth-order valence-corrected chi connectivity index (χ4v) is 2.37. The first-order valence-corrected chi connectivity index (χ1v) is 8.87. The number of nitrogens with one attached hydrogen (secondary N) is 1. The molecule has 1 unspecified atom stereocenters. The van der Waals surface area contributed by atoms with Crippen molar-refractivity contribution in [3.05, 3.63) is 17.7 Å². The molecule has 1 atom stereocenters. The molecule has 1 aliphatic rings. The highest BCUT2D eigenvalue weighted by Gasteiger charge is 2.17. The van der Waals surface area contributed by atoms with Crippen LogP contribution in [0.15, 0.2) is 12.1 Å². The third kappa shape index (κ3) is 7.25. The molecule has 0 amide bonds. The lowest BCUT2D eigenvalue weighted by Crippen LogP contribution is -2.29. The highest BCUT2D eigenvalue weighted by molar-refractivity contribution is 6.15. The summed E-state index contributed by atoms with van der Waals surface area (Å²) < 4.78 is 21.3. The van der Waals surface area contributed by atoms with Crippen LogP contribution in [0.3, 0.4) is 0 Å². The van der Waals surface area contributed by atoms with Gasteiger partial charge in [-0.15, -0.1) is 11.6 Å². The Morgan fingerprint density at radius 3 is 2.42 bits per heavy atom. The maximum atomic E-state index is 10.6. The molecule has 1 heterocycles. The molecule has 1 aliphatic heterocycles. The lowest BCUT2D eigenvalue weighted by molar-refractivity contribution is -0.198. The van der Waals surface area contributed by atoms with Gasteiger partial charge >= 0.3 is 5.97 Å². The monoisotopic (exact) mass is 391 g/mol. The number of carboxylic acids is 1. The average Bonchev–Trinajstić information content (AvgIpc) is 2.68. The van der Waals surface area contributed by atoms with Crippen LogP contribution in [0.1, 0.15) is 24.8 Å². The van der Waals surface area contributed by atoms with Gasteiger partial charge in [-0.2, -0.15) is 5.48 Å². The highest BCUT2D eigenvalue weighted by atomic mass is 35.5. The van der Waals surface area contributed by atoms with Gasteiger partial charge in [-0.25, -0.2) is 4.79 Å². The second-order valence-electron chi connectivity index (χ2n) is 5.22. The Labute approximate surface area is 158 Å². The molecule has 1 aromatic rings. The van der Waals surface area contributed by atoms with E-state index in [9.17, 15) is 4.79 Å². The third-order valence-corrected chi connectivity index (χ3v) is 3.55. The number of hydroxylamine groups is 1. The van der Waals surface area contributed by atoms with E-state index in [1.165, 1.54) is 20.6 Å². The molecule has 0 aromatic heterocycles. The molecule has 1 fully saturated rings. The van der Waals surface area contributed by atoms with Gasteiger partial charge in [-0.05, 0) is 12.8 Å². The van der Waals surface area contributed by atoms with Gasteiger partial charge in [0.05, 0.1) is 26.3 Å². The van der Waals surface area contributed by atoms with Crippen LogP contribution in [-0.2, 0) is 20.9 Å². The van der Waals surface area contributed by atoms with Gasteiger partial charge in [-0.3, -0.25) is 4.84 Å². The third-order valence-electron chi connectivity index (χ3n) is 3.55. The molecule has 2 N–H and O–H groups in total. The summed E-state index contributed by atoms with van der Waals surface area (Å²) in [6, 6.07) is 3.22. The smallest absolute Gasteiger partial charge is 0.341 e. The topological polar surface area (TPSA) is 95.5 Å². The van der Waals surface area contributed by atoms with Gasteiger partial charge in [0.15, 0.2) is 12.9 Å². The predicted molar refractivity (Wildman–Crippen MR) is 96.0 cm³/mol. The fraction of sp³-hybridized carbons (Fsp3) is 0.588. The second kappa shape index (κ2) is 12.6. The van der Waals surface area contributed by atoms with Crippen molar-refractivity contribution in [3.8, 4) is 17.2 Å². The molecule has 1 saturated heterocycles. The van der Waals surface area contributed by atoms with Crippen LogP contribution in [0, 0.1) is 0 Å². The van der Waals surface area contributed by atoms with Gasteiger partial charge < -0.3 is 24.1 Å². The summed E-state index contributed by atoms with van der Waals surface area (Å²) >= 11 is 4.64. The minimum atomic E-state index is -1.06. The standard InChI is InChI=1S/C16H23NO7.CH3Cl/c1-20-13-7-11(23-10-15(18)19)8-14(21-2)12(13)9-17-24-16-5-3-4-6-22-16;1-2/h7-8,16-17H,3-6,9-10H2,1-2H3,(H,18,19);1H3. The number of methoxy groups -OCH3 is 2. The van der Waals surface area contributed by atoms with Crippen molar-refractivity contribution in [1.82, 2.24) is 5.48 Å². The Balaban J connectivity index is 0.00000163. The number of ether oxygens (including phenoxy) is 4. The van der Waals surface area contributed by atoms with Crippen LogP contribution in [0.25, 0.3) is 0 Å². The van der Waals surface area contributed by atoms with E-state index in [1.807, 2.05) is 0 Å². The maximum absolute atomic E-state index is 10.6. The molecule has 148 valence electrons. The van der Waals surface area contributed by atoms with Crippen molar-refractivity contribution in [2.45, 2.75) is 32.1 Å². The quantitative estimate of drug-likeness (QED) is 0.490. The Hall–Kier alpha value is -1.74. The van der Waals surface area contributed by atoms with E-state index in [0.717, 1.165) is 24.8 Å². The largest absolute Gasteiger partial charge is 0.496 e. The molecule has 9 heteroatoms. The van der Waals surface area contributed by atoms with Crippen molar-refractivity contribution in [1.29, 1.82) is 0 Å². The predicted octanol–water partition coefficient (Wildman–Crippen LogP) is 2.57. The Bertz CT molecular complexity index is 525. The molecule has 0 saturated carbocycles. The number of rotatable bonds is 9. The number of aliphatic carboxylic acids is 1. The van der Waals surface area contributed by atoms with Crippen LogP contribution in [-0.4, -0.2) is 51.2 Å². The number of hydrogen-bond acceptors (Lipinski definition) is 7. The lowest BCUT2D eigenvalue weighted by Gasteiger charge is -2.23. The molecular formula is C17H26ClNO7. The van der Waals surface area contributed by atoms with Gasteiger partial charge in [0.1, 0.15) is 17.2 Å². The van der Waals surface area contributed by atoms with E-state index in [1.54, 1.807) is 12.1 Å². The number of benzene rings is 1. The normalized spacial score (nSPS) is 16.2. The number of carbonyl (C=O) groups is 1. The molecule has 8 nitrogen and oxygen atoms in total. The lowest BCUT2D eigenvalue weighted by atomic mass is 10.1. The molecule has 0 bridgehead atoms. The van der Waals surface area contributed by atoms with Gasteiger partial charge in [0.2, 0.25) is 0 Å². The summed E-state index contributed by atoms with van der Waals surface area (Å²) in [6.07, 6.45) is 4.20. The van der Waals surface area contributed by atoms with Crippen LogP contribution in [0.5, 0.6) is 17.2 Å².